The summed E-state index contributed by atoms with van der Waals surface area (Å²) >= 11 is 0. The number of ether oxygens (including phenoxy) is 1. The number of benzene rings is 1. The smallest absolute Gasteiger partial charge is 0.128 e. The fourth-order valence-electron chi connectivity index (χ4n) is 1.51. The van der Waals surface area contributed by atoms with E-state index in [1.54, 1.807) is 0 Å². The van der Waals surface area contributed by atoms with Gasteiger partial charge in [0.2, 0.25) is 0 Å². The number of H-pyrrole nitrogens is 1. The number of unbranched alkanes of at least 4 members (excludes halogenated alkanes) is 1. The van der Waals surface area contributed by atoms with E-state index in [1.165, 1.54) is 11.8 Å². The third kappa shape index (κ3) is 1.74. The lowest BCUT2D eigenvalue weighted by molar-refractivity contribution is 0.313. The molecule has 0 aliphatic rings. The average molecular weight is 189 g/mol. The lowest BCUT2D eigenvalue weighted by Gasteiger charge is -2.05. The van der Waals surface area contributed by atoms with E-state index in [1.807, 2.05) is 18.3 Å². The molecule has 74 valence electrons. The summed E-state index contributed by atoms with van der Waals surface area (Å²) < 4.78 is 5.70. The van der Waals surface area contributed by atoms with E-state index in [9.17, 15) is 0 Å². The van der Waals surface area contributed by atoms with Crippen LogP contribution in [0.4, 0.5) is 0 Å². The lowest BCUT2D eigenvalue weighted by atomic mass is 10.2. The molecule has 0 atom stereocenters. The van der Waals surface area contributed by atoms with E-state index in [2.05, 4.69) is 24.0 Å². The van der Waals surface area contributed by atoms with Gasteiger partial charge in [-0.2, -0.15) is 0 Å². The fraction of sp³-hybridized carbons (Fsp3) is 0.333. The van der Waals surface area contributed by atoms with Crippen molar-refractivity contribution in [3.63, 3.8) is 0 Å². The van der Waals surface area contributed by atoms with Gasteiger partial charge in [0, 0.05) is 17.1 Å². The zero-order chi connectivity index (χ0) is 9.80. The molecule has 1 heterocycles. The summed E-state index contributed by atoms with van der Waals surface area (Å²) in [5, 5.41) is 1.17. The van der Waals surface area contributed by atoms with Crippen molar-refractivity contribution in [2.45, 2.75) is 19.8 Å². The summed E-state index contributed by atoms with van der Waals surface area (Å²) in [6.07, 6.45) is 4.22. The molecule has 0 unspecified atom stereocenters. The highest BCUT2D eigenvalue weighted by atomic mass is 16.5. The first kappa shape index (κ1) is 9.13. The Bertz CT molecular complexity index is 405. The molecule has 2 nitrogen and oxygen atoms in total. The fourth-order valence-corrected chi connectivity index (χ4v) is 1.51. The molecule has 2 heteroatoms. The van der Waals surface area contributed by atoms with Gasteiger partial charge in [0.25, 0.3) is 0 Å². The molecule has 2 rings (SSSR count). The molecule has 0 amide bonds. The third-order valence-electron chi connectivity index (χ3n) is 2.31. The monoisotopic (exact) mass is 189 g/mol. The SMILES string of the molecule is CCCCOc1cccc2[nH]ccc12. The molecule has 1 aromatic carbocycles. The topological polar surface area (TPSA) is 25.0 Å². The van der Waals surface area contributed by atoms with Crippen LogP contribution in [0.1, 0.15) is 19.8 Å². The predicted octanol–water partition coefficient (Wildman–Crippen LogP) is 3.35. The molecular formula is C12H15NO. The van der Waals surface area contributed by atoms with Crippen molar-refractivity contribution in [1.82, 2.24) is 4.98 Å². The normalized spacial score (nSPS) is 10.6. The zero-order valence-corrected chi connectivity index (χ0v) is 8.42. The number of hydrogen-bond donors (Lipinski definition) is 1. The molecule has 0 saturated heterocycles. The second kappa shape index (κ2) is 4.18. The molecule has 0 spiro atoms. The van der Waals surface area contributed by atoms with Gasteiger partial charge in [-0.1, -0.05) is 19.4 Å². The van der Waals surface area contributed by atoms with Crippen LogP contribution in [-0.2, 0) is 0 Å². The van der Waals surface area contributed by atoms with Gasteiger partial charge in [-0.3, -0.25) is 0 Å². The van der Waals surface area contributed by atoms with Crippen molar-refractivity contribution in [3.8, 4) is 5.75 Å². The Balaban J connectivity index is 2.19. The minimum atomic E-state index is 0.806. The Kier molecular flexibility index (Phi) is 2.73. The van der Waals surface area contributed by atoms with Crippen LogP contribution in [0.5, 0.6) is 5.75 Å². The van der Waals surface area contributed by atoms with E-state index in [0.717, 1.165) is 24.3 Å². The summed E-state index contributed by atoms with van der Waals surface area (Å²) in [5.74, 6) is 0.984. The molecule has 2 aromatic rings. The highest BCUT2D eigenvalue weighted by molar-refractivity contribution is 5.85. The molecule has 0 saturated carbocycles. The van der Waals surface area contributed by atoms with Gasteiger partial charge < -0.3 is 9.72 Å². The van der Waals surface area contributed by atoms with Crippen molar-refractivity contribution < 1.29 is 4.74 Å². The number of aromatic amines is 1. The molecule has 0 radical (unpaired) electrons. The maximum Gasteiger partial charge on any atom is 0.128 e. The highest BCUT2D eigenvalue weighted by Crippen LogP contribution is 2.24. The summed E-state index contributed by atoms with van der Waals surface area (Å²) in [5.41, 5.74) is 1.14. The predicted molar refractivity (Wildman–Crippen MR) is 58.7 cm³/mol. The van der Waals surface area contributed by atoms with Crippen LogP contribution >= 0.6 is 0 Å². The maximum atomic E-state index is 5.70. The standard InChI is InChI=1S/C12H15NO/c1-2-3-9-14-12-6-4-5-11-10(12)7-8-13-11/h4-8,13H,2-3,9H2,1H3. The maximum absolute atomic E-state index is 5.70. The summed E-state index contributed by atoms with van der Waals surface area (Å²) in [7, 11) is 0. The molecule has 1 N–H and O–H groups in total. The van der Waals surface area contributed by atoms with Crippen molar-refractivity contribution in [3.05, 3.63) is 30.5 Å². The van der Waals surface area contributed by atoms with Crippen LogP contribution in [-0.4, -0.2) is 11.6 Å². The van der Waals surface area contributed by atoms with Crippen molar-refractivity contribution in [1.29, 1.82) is 0 Å². The molecule has 0 aliphatic carbocycles. The molecule has 0 fully saturated rings. The Morgan fingerprint density at radius 3 is 3.07 bits per heavy atom. The molecule has 0 aliphatic heterocycles. The van der Waals surface area contributed by atoms with E-state index in [4.69, 9.17) is 4.74 Å². The lowest BCUT2D eigenvalue weighted by Crippen LogP contribution is -1.96. The highest BCUT2D eigenvalue weighted by Gasteiger charge is 2.01. The third-order valence-corrected chi connectivity index (χ3v) is 2.31. The average Bonchev–Trinajstić information content (AvgIpc) is 2.67. The van der Waals surface area contributed by atoms with E-state index < -0.39 is 0 Å². The van der Waals surface area contributed by atoms with Gasteiger partial charge in [0.15, 0.2) is 0 Å². The second-order valence-corrected chi connectivity index (χ2v) is 3.40. The first-order valence-electron chi connectivity index (χ1n) is 5.10. The second-order valence-electron chi connectivity index (χ2n) is 3.40. The van der Waals surface area contributed by atoms with Gasteiger partial charge in [-0.05, 0) is 24.6 Å². The number of hydrogen-bond acceptors (Lipinski definition) is 1. The Morgan fingerprint density at radius 2 is 2.21 bits per heavy atom. The molecular weight excluding hydrogens is 174 g/mol. The zero-order valence-electron chi connectivity index (χ0n) is 8.42. The Labute approximate surface area is 83.9 Å². The molecule has 14 heavy (non-hydrogen) atoms. The number of rotatable bonds is 4. The van der Waals surface area contributed by atoms with Gasteiger partial charge in [-0.15, -0.1) is 0 Å². The first-order chi connectivity index (χ1) is 6.92. The van der Waals surface area contributed by atoms with Crippen LogP contribution in [0.2, 0.25) is 0 Å². The number of nitrogens with one attached hydrogen (secondary N) is 1. The van der Waals surface area contributed by atoms with Crippen molar-refractivity contribution in [2.24, 2.45) is 0 Å². The minimum Gasteiger partial charge on any atom is -0.493 e. The summed E-state index contributed by atoms with van der Waals surface area (Å²) in [4.78, 5) is 3.17. The van der Waals surface area contributed by atoms with Gasteiger partial charge in [-0.25, -0.2) is 0 Å². The van der Waals surface area contributed by atoms with E-state index in [0.29, 0.717) is 0 Å². The van der Waals surface area contributed by atoms with E-state index >= 15 is 0 Å². The Hall–Kier alpha value is -1.44. The van der Waals surface area contributed by atoms with Crippen LogP contribution in [0.25, 0.3) is 10.9 Å². The van der Waals surface area contributed by atoms with Crippen molar-refractivity contribution >= 4 is 10.9 Å². The summed E-state index contributed by atoms with van der Waals surface area (Å²) in [6, 6.07) is 8.14. The first-order valence-corrected chi connectivity index (χ1v) is 5.10. The largest absolute Gasteiger partial charge is 0.493 e. The number of fused-ring (bicyclic) bond motifs is 1. The van der Waals surface area contributed by atoms with Gasteiger partial charge in [0.05, 0.1) is 6.61 Å². The number of aromatic nitrogens is 1. The van der Waals surface area contributed by atoms with Crippen LogP contribution in [0.15, 0.2) is 30.5 Å². The summed E-state index contributed by atoms with van der Waals surface area (Å²) in [6.45, 7) is 2.97. The van der Waals surface area contributed by atoms with Gasteiger partial charge in [0.1, 0.15) is 5.75 Å². The molecule has 0 bridgehead atoms. The van der Waals surface area contributed by atoms with Crippen molar-refractivity contribution in [2.75, 3.05) is 6.61 Å². The van der Waals surface area contributed by atoms with Crippen LogP contribution < -0.4 is 4.74 Å². The van der Waals surface area contributed by atoms with Crippen LogP contribution in [0, 0.1) is 0 Å². The van der Waals surface area contributed by atoms with E-state index in [-0.39, 0.29) is 0 Å². The quantitative estimate of drug-likeness (QED) is 0.733. The van der Waals surface area contributed by atoms with Crippen LogP contribution in [0.3, 0.4) is 0 Å². The molecule has 1 aromatic heterocycles. The van der Waals surface area contributed by atoms with Gasteiger partial charge >= 0.3 is 0 Å². The Morgan fingerprint density at radius 1 is 1.29 bits per heavy atom. The minimum absolute atomic E-state index is 0.806.